The van der Waals surface area contributed by atoms with Gasteiger partial charge in [0.15, 0.2) is 5.82 Å². The molecule has 0 unspecified atom stereocenters. The largest absolute Gasteiger partial charge is 0.324 e. The molecule has 5 rings (SSSR count). The Bertz CT molecular complexity index is 909. The number of carbonyl (C=O) groups is 2. The Balaban J connectivity index is 1.31. The topological polar surface area (TPSA) is 93.0 Å². The number of nitrogens with zero attached hydrogens (tertiary/aromatic N) is 5. The van der Waals surface area contributed by atoms with Crippen LogP contribution in [0.3, 0.4) is 0 Å². The van der Waals surface area contributed by atoms with Crippen LogP contribution in [0.1, 0.15) is 38.6 Å². The van der Waals surface area contributed by atoms with Gasteiger partial charge in [-0.15, -0.1) is 16.9 Å². The highest BCUT2D eigenvalue weighted by Crippen LogP contribution is 2.47. The lowest BCUT2D eigenvalue weighted by Gasteiger charge is -2.29. The molecule has 2 aromatic rings. The van der Waals surface area contributed by atoms with E-state index in [1.54, 1.807) is 16.7 Å². The zero-order valence-corrected chi connectivity index (χ0v) is 15.8. The predicted molar refractivity (Wildman–Crippen MR) is 101 cm³/mol. The number of anilines is 1. The van der Waals surface area contributed by atoms with E-state index in [0.29, 0.717) is 23.9 Å². The van der Waals surface area contributed by atoms with Crippen LogP contribution < -0.4 is 5.32 Å². The van der Waals surface area contributed by atoms with Gasteiger partial charge in [0.25, 0.3) is 0 Å². The summed E-state index contributed by atoms with van der Waals surface area (Å²) >= 11 is 1.70. The summed E-state index contributed by atoms with van der Waals surface area (Å²) in [5, 5.41) is 14.9. The number of hydrogen-bond donors (Lipinski definition) is 1. The second kappa shape index (κ2) is 6.05. The zero-order chi connectivity index (χ0) is 18.6. The normalized spacial score (nSPS) is 27.1. The zero-order valence-electron chi connectivity index (χ0n) is 15.0. The number of tetrazole rings is 1. The van der Waals surface area contributed by atoms with Gasteiger partial charge in [-0.3, -0.25) is 9.59 Å². The van der Waals surface area contributed by atoms with Crippen molar-refractivity contribution in [3.63, 3.8) is 0 Å². The van der Waals surface area contributed by atoms with Crippen LogP contribution in [0.2, 0.25) is 0 Å². The summed E-state index contributed by atoms with van der Waals surface area (Å²) in [6.45, 7) is 2.05. The molecule has 8 nitrogen and oxygen atoms in total. The Morgan fingerprint density at radius 1 is 1.30 bits per heavy atom. The van der Waals surface area contributed by atoms with Crippen LogP contribution in [0.25, 0.3) is 11.4 Å². The molecule has 1 N–H and O–H groups in total. The van der Waals surface area contributed by atoms with E-state index in [4.69, 9.17) is 0 Å². The van der Waals surface area contributed by atoms with Gasteiger partial charge in [0.1, 0.15) is 6.04 Å². The predicted octanol–water partition coefficient (Wildman–Crippen LogP) is 2.07. The lowest BCUT2D eigenvalue weighted by atomic mass is 10.1. The molecule has 3 aliphatic rings. The summed E-state index contributed by atoms with van der Waals surface area (Å²) in [4.78, 5) is 26.5. The average molecular weight is 384 g/mol. The van der Waals surface area contributed by atoms with Gasteiger partial charge in [0.2, 0.25) is 11.8 Å². The number of amides is 2. The first-order chi connectivity index (χ1) is 13.0. The quantitative estimate of drug-likeness (QED) is 0.867. The van der Waals surface area contributed by atoms with Crippen LogP contribution in [0.5, 0.6) is 0 Å². The molecule has 3 heterocycles. The number of benzene rings is 1. The third kappa shape index (κ3) is 2.80. The van der Waals surface area contributed by atoms with Gasteiger partial charge in [-0.05, 0) is 60.9 Å². The smallest absolute Gasteiger partial charge is 0.248 e. The summed E-state index contributed by atoms with van der Waals surface area (Å²) in [6, 6.07) is 7.53. The Labute approximate surface area is 160 Å². The van der Waals surface area contributed by atoms with Gasteiger partial charge in [-0.2, -0.15) is 0 Å². The van der Waals surface area contributed by atoms with E-state index in [1.807, 2.05) is 28.9 Å². The standard InChI is InChI=1S/C18H20N6O2S/c1-18-9-8-15(25)23(18)14(10-27-18)17(26)19-12-4-2-11(3-5-12)16-20-21-22-24(16)13-6-7-13/h2-5,13-14H,6-10H2,1H3,(H,19,26)/t14-,18+/m1/s1. The van der Waals surface area contributed by atoms with E-state index in [-0.39, 0.29) is 16.7 Å². The lowest BCUT2D eigenvalue weighted by molar-refractivity contribution is -0.135. The minimum Gasteiger partial charge on any atom is -0.324 e. The Morgan fingerprint density at radius 2 is 2.07 bits per heavy atom. The summed E-state index contributed by atoms with van der Waals surface area (Å²) < 4.78 is 1.86. The van der Waals surface area contributed by atoms with Crippen molar-refractivity contribution in [2.45, 2.75) is 49.6 Å². The molecule has 2 atom stereocenters. The fraction of sp³-hybridized carbons (Fsp3) is 0.500. The number of rotatable bonds is 4. The van der Waals surface area contributed by atoms with Crippen molar-refractivity contribution in [3.05, 3.63) is 24.3 Å². The maximum Gasteiger partial charge on any atom is 0.248 e. The highest BCUT2D eigenvalue weighted by atomic mass is 32.2. The first-order valence-electron chi connectivity index (χ1n) is 9.20. The van der Waals surface area contributed by atoms with Crippen molar-refractivity contribution in [1.82, 2.24) is 25.1 Å². The molecule has 27 heavy (non-hydrogen) atoms. The third-order valence-corrected chi connectivity index (χ3v) is 7.05. The Morgan fingerprint density at radius 3 is 2.81 bits per heavy atom. The van der Waals surface area contributed by atoms with E-state index in [1.165, 1.54) is 0 Å². The number of fused-ring (bicyclic) bond motifs is 1. The van der Waals surface area contributed by atoms with Gasteiger partial charge in [-0.25, -0.2) is 4.68 Å². The minimum absolute atomic E-state index is 0.0740. The molecule has 1 aromatic heterocycles. The van der Waals surface area contributed by atoms with Crippen LogP contribution >= 0.6 is 11.8 Å². The second-order valence-corrected chi connectivity index (χ2v) is 9.01. The van der Waals surface area contributed by atoms with Gasteiger partial charge >= 0.3 is 0 Å². The van der Waals surface area contributed by atoms with Gasteiger partial charge in [0, 0.05) is 23.4 Å². The van der Waals surface area contributed by atoms with Gasteiger partial charge in [-0.1, -0.05) is 0 Å². The summed E-state index contributed by atoms with van der Waals surface area (Å²) in [7, 11) is 0. The molecule has 0 bridgehead atoms. The van der Waals surface area contributed by atoms with E-state index in [0.717, 1.165) is 30.7 Å². The van der Waals surface area contributed by atoms with Gasteiger partial charge < -0.3 is 10.2 Å². The van der Waals surface area contributed by atoms with E-state index < -0.39 is 6.04 Å². The monoisotopic (exact) mass is 384 g/mol. The van der Waals surface area contributed by atoms with Crippen LogP contribution in [0.4, 0.5) is 5.69 Å². The molecule has 1 aromatic carbocycles. The molecule has 2 saturated heterocycles. The highest BCUT2D eigenvalue weighted by Gasteiger charge is 2.52. The molecule has 2 amide bonds. The molecule has 3 fully saturated rings. The molecule has 140 valence electrons. The van der Waals surface area contributed by atoms with Crippen molar-refractivity contribution in [2.24, 2.45) is 0 Å². The minimum atomic E-state index is -0.406. The van der Waals surface area contributed by atoms with Gasteiger partial charge in [0.05, 0.1) is 10.9 Å². The van der Waals surface area contributed by atoms with Crippen molar-refractivity contribution >= 4 is 29.3 Å². The van der Waals surface area contributed by atoms with E-state index in [9.17, 15) is 9.59 Å². The maximum absolute atomic E-state index is 12.8. The first kappa shape index (κ1) is 16.7. The van der Waals surface area contributed by atoms with E-state index in [2.05, 4.69) is 27.8 Å². The van der Waals surface area contributed by atoms with E-state index >= 15 is 0 Å². The molecule has 0 spiro atoms. The number of aromatic nitrogens is 4. The number of thioether (sulfide) groups is 1. The molecular formula is C18H20N6O2S. The number of carbonyl (C=O) groups excluding carboxylic acids is 2. The van der Waals surface area contributed by atoms with Crippen LogP contribution in [-0.2, 0) is 9.59 Å². The average Bonchev–Trinajstić information content (AvgIpc) is 3.16. The molecule has 9 heteroatoms. The summed E-state index contributed by atoms with van der Waals surface area (Å²) in [6.07, 6.45) is 3.56. The SMILES string of the molecule is C[C@]12CCC(=O)N1[C@@H](C(=O)Nc1ccc(-c3nnnn3C3CC3)cc1)CS2. The number of hydrogen-bond acceptors (Lipinski definition) is 6. The van der Waals surface area contributed by atoms with Crippen LogP contribution in [0, 0.1) is 0 Å². The molecule has 1 saturated carbocycles. The molecule has 1 aliphatic carbocycles. The maximum atomic E-state index is 12.8. The second-order valence-electron chi connectivity index (χ2n) is 7.51. The fourth-order valence-corrected chi connectivity index (χ4v) is 5.32. The van der Waals surface area contributed by atoms with Crippen molar-refractivity contribution in [2.75, 3.05) is 11.1 Å². The van der Waals surface area contributed by atoms with Crippen molar-refractivity contribution < 1.29 is 9.59 Å². The summed E-state index contributed by atoms with van der Waals surface area (Å²) in [5.74, 6) is 1.34. The summed E-state index contributed by atoms with van der Waals surface area (Å²) in [5.41, 5.74) is 1.63. The van der Waals surface area contributed by atoms with Crippen molar-refractivity contribution in [3.8, 4) is 11.4 Å². The Hall–Kier alpha value is -2.42. The molecular weight excluding hydrogens is 364 g/mol. The third-order valence-electron chi connectivity index (χ3n) is 5.54. The van der Waals surface area contributed by atoms with Crippen LogP contribution in [-0.4, -0.2) is 53.6 Å². The highest BCUT2D eigenvalue weighted by molar-refractivity contribution is 8.01. The molecule has 0 radical (unpaired) electrons. The molecule has 2 aliphatic heterocycles. The lowest BCUT2D eigenvalue weighted by Crippen LogP contribution is -2.48. The Kier molecular flexibility index (Phi) is 3.75. The fourth-order valence-electron chi connectivity index (χ4n) is 3.89. The van der Waals surface area contributed by atoms with Crippen molar-refractivity contribution in [1.29, 1.82) is 0 Å². The van der Waals surface area contributed by atoms with Crippen LogP contribution in [0.15, 0.2) is 24.3 Å². The number of nitrogens with one attached hydrogen (secondary N) is 1. The first-order valence-corrected chi connectivity index (χ1v) is 10.2.